The van der Waals surface area contributed by atoms with Crippen molar-refractivity contribution >= 4 is 39.4 Å². The molecule has 7 heteroatoms. The monoisotopic (exact) mass is 425 g/mol. The smallest absolute Gasteiger partial charge is 0.238 e. The molecule has 2 heterocycles. The Kier molecular flexibility index (Phi) is 5.16. The van der Waals surface area contributed by atoms with E-state index in [0.717, 1.165) is 10.0 Å². The van der Waals surface area contributed by atoms with Gasteiger partial charge in [0.05, 0.1) is 17.3 Å². The van der Waals surface area contributed by atoms with Crippen LogP contribution in [0.1, 0.15) is 26.3 Å². The fourth-order valence-electron chi connectivity index (χ4n) is 2.43. The number of hydrogen-bond donors (Lipinski definition) is 0. The van der Waals surface area contributed by atoms with Crippen molar-refractivity contribution in [2.75, 3.05) is 19.0 Å². The maximum absolute atomic E-state index is 12.3. The molecule has 0 radical (unpaired) electrons. The van der Waals surface area contributed by atoms with Crippen LogP contribution in [-0.2, 0) is 16.1 Å². The van der Waals surface area contributed by atoms with E-state index in [9.17, 15) is 9.59 Å². The van der Waals surface area contributed by atoms with Gasteiger partial charge in [0.15, 0.2) is 17.3 Å². The molecule has 134 valence electrons. The maximum atomic E-state index is 12.3. The minimum atomic E-state index is -0.470. The molecule has 1 amide bonds. The van der Waals surface area contributed by atoms with Crippen molar-refractivity contribution in [1.82, 2.24) is 4.90 Å². The fourth-order valence-corrected chi connectivity index (χ4v) is 3.81. The van der Waals surface area contributed by atoms with Gasteiger partial charge >= 0.3 is 0 Å². The lowest BCUT2D eigenvalue weighted by atomic mass is 9.91. The summed E-state index contributed by atoms with van der Waals surface area (Å²) in [5.74, 6) is 1.74. The van der Waals surface area contributed by atoms with Crippen molar-refractivity contribution in [3.63, 3.8) is 0 Å². The number of rotatable bonds is 3. The molecule has 1 fully saturated rings. The maximum Gasteiger partial charge on any atom is 0.238 e. The van der Waals surface area contributed by atoms with E-state index in [0.29, 0.717) is 42.0 Å². The summed E-state index contributed by atoms with van der Waals surface area (Å²) in [7, 11) is 0. The van der Waals surface area contributed by atoms with Crippen LogP contribution in [-0.4, -0.2) is 35.6 Å². The molecule has 1 aromatic rings. The van der Waals surface area contributed by atoms with Gasteiger partial charge in [0.2, 0.25) is 5.91 Å². The first kappa shape index (κ1) is 18.3. The first-order valence-corrected chi connectivity index (χ1v) is 9.81. The molecule has 0 bridgehead atoms. The Morgan fingerprint density at radius 2 is 1.92 bits per heavy atom. The molecule has 0 saturated carbocycles. The van der Waals surface area contributed by atoms with Crippen LogP contribution in [0.25, 0.3) is 0 Å². The molecule has 2 aliphatic heterocycles. The molecular weight excluding hydrogens is 406 g/mol. The molecule has 1 aromatic carbocycles. The summed E-state index contributed by atoms with van der Waals surface area (Å²) in [4.78, 5) is 26.3. The zero-order valence-corrected chi connectivity index (χ0v) is 16.8. The lowest BCUT2D eigenvalue weighted by Gasteiger charge is -2.23. The molecule has 0 unspecified atom stereocenters. The van der Waals surface area contributed by atoms with Crippen LogP contribution in [0.3, 0.4) is 0 Å². The van der Waals surface area contributed by atoms with Crippen LogP contribution in [0.2, 0.25) is 0 Å². The van der Waals surface area contributed by atoms with Gasteiger partial charge in [-0.2, -0.15) is 0 Å². The van der Waals surface area contributed by atoms with Crippen molar-refractivity contribution < 1.29 is 19.1 Å². The summed E-state index contributed by atoms with van der Waals surface area (Å²) in [5, 5.41) is 0.701. The number of amides is 1. The molecule has 25 heavy (non-hydrogen) atoms. The number of fused-ring (bicyclic) bond motifs is 1. The van der Waals surface area contributed by atoms with E-state index in [1.54, 1.807) is 11.0 Å². The highest BCUT2D eigenvalue weighted by Gasteiger charge is 2.30. The Hall–Kier alpha value is -1.47. The highest BCUT2D eigenvalue weighted by Crippen LogP contribution is 2.38. The molecule has 0 spiro atoms. The quantitative estimate of drug-likeness (QED) is 0.690. The average molecular weight is 426 g/mol. The molecule has 0 aromatic heterocycles. The first-order chi connectivity index (χ1) is 11.8. The van der Waals surface area contributed by atoms with E-state index in [1.807, 2.05) is 32.9 Å². The van der Waals surface area contributed by atoms with Gasteiger partial charge in [-0.15, -0.1) is 0 Å². The third kappa shape index (κ3) is 4.03. The molecule has 0 atom stereocenters. The number of ketones is 1. The van der Waals surface area contributed by atoms with Crippen molar-refractivity contribution in [1.29, 1.82) is 0 Å². The van der Waals surface area contributed by atoms with Gasteiger partial charge in [0.1, 0.15) is 13.2 Å². The second kappa shape index (κ2) is 7.03. The number of nitrogens with zero attached hydrogens (tertiary/aromatic N) is 1. The molecule has 3 rings (SSSR count). The molecule has 2 aliphatic rings. The predicted octanol–water partition coefficient (Wildman–Crippen LogP) is 3.75. The largest absolute Gasteiger partial charge is 0.486 e. The second-order valence-corrected chi connectivity index (χ2v) is 8.80. The third-order valence-corrected chi connectivity index (χ3v) is 5.71. The van der Waals surface area contributed by atoms with Gasteiger partial charge in [-0.3, -0.25) is 9.59 Å². The van der Waals surface area contributed by atoms with E-state index in [-0.39, 0.29) is 11.7 Å². The topological polar surface area (TPSA) is 55.8 Å². The molecular formula is C18H20BrNO4S. The van der Waals surface area contributed by atoms with Crippen molar-refractivity contribution in [2.45, 2.75) is 27.3 Å². The second-order valence-electron chi connectivity index (χ2n) is 6.95. The first-order valence-electron chi connectivity index (χ1n) is 8.03. The van der Waals surface area contributed by atoms with Crippen molar-refractivity contribution in [3.05, 3.63) is 33.3 Å². The normalized spacial score (nSPS) is 18.8. The van der Waals surface area contributed by atoms with Crippen molar-refractivity contribution in [3.8, 4) is 11.5 Å². The Morgan fingerprint density at radius 3 is 2.56 bits per heavy atom. The predicted molar refractivity (Wildman–Crippen MR) is 101 cm³/mol. The molecule has 1 saturated heterocycles. The van der Waals surface area contributed by atoms with Crippen LogP contribution < -0.4 is 9.47 Å². The van der Waals surface area contributed by atoms with E-state index < -0.39 is 5.41 Å². The van der Waals surface area contributed by atoms with Gasteiger partial charge in [-0.25, -0.2) is 0 Å². The number of allylic oxidation sites excluding steroid dienone is 1. The lowest BCUT2D eigenvalue weighted by molar-refractivity contribution is -0.125. The molecule has 5 nitrogen and oxygen atoms in total. The van der Waals surface area contributed by atoms with Gasteiger partial charge in [0, 0.05) is 16.0 Å². The fraction of sp³-hybridized carbons (Fsp3) is 0.444. The van der Waals surface area contributed by atoms with Crippen LogP contribution in [0.5, 0.6) is 11.5 Å². The van der Waals surface area contributed by atoms with E-state index >= 15 is 0 Å². The summed E-state index contributed by atoms with van der Waals surface area (Å²) in [6.07, 6.45) is 1.58. The molecule has 0 aliphatic carbocycles. The number of ether oxygens (including phenoxy) is 2. The Bertz CT molecular complexity index is 754. The van der Waals surface area contributed by atoms with Gasteiger partial charge in [0.25, 0.3) is 0 Å². The minimum Gasteiger partial charge on any atom is -0.486 e. The van der Waals surface area contributed by atoms with Crippen LogP contribution in [0.15, 0.2) is 27.7 Å². The average Bonchev–Trinajstić information content (AvgIpc) is 2.88. The number of carbonyl (C=O) groups is 2. The molecule has 0 N–H and O–H groups in total. The number of benzene rings is 1. The van der Waals surface area contributed by atoms with Crippen molar-refractivity contribution in [2.24, 2.45) is 5.41 Å². The van der Waals surface area contributed by atoms with Gasteiger partial charge in [-0.1, -0.05) is 48.5 Å². The summed E-state index contributed by atoms with van der Waals surface area (Å²) in [5.41, 5.74) is 0.442. The lowest BCUT2D eigenvalue weighted by Crippen LogP contribution is -2.26. The standard InChI is InChI=1S/C18H20BrNO4S/c1-18(2,3)15(21)8-17-20(16(22)10-25-17)9-11-6-13-14(7-12(11)19)24-5-4-23-13/h6-8H,4-5,9-10H2,1-3H3. The Labute approximate surface area is 159 Å². The zero-order chi connectivity index (χ0) is 18.2. The number of hydrogen-bond acceptors (Lipinski definition) is 5. The van der Waals surface area contributed by atoms with E-state index in [4.69, 9.17) is 9.47 Å². The van der Waals surface area contributed by atoms with E-state index in [2.05, 4.69) is 15.9 Å². The minimum absolute atomic E-state index is 0.000233. The van der Waals surface area contributed by atoms with Crippen LogP contribution >= 0.6 is 27.7 Å². The van der Waals surface area contributed by atoms with E-state index in [1.165, 1.54) is 11.8 Å². The zero-order valence-electron chi connectivity index (χ0n) is 14.4. The SMILES string of the molecule is CC(C)(C)C(=O)C=C1SCC(=O)N1Cc1cc2c(cc1Br)OCCO2. The number of carbonyl (C=O) groups excluding carboxylic acids is 2. The van der Waals surface area contributed by atoms with Crippen LogP contribution in [0, 0.1) is 5.41 Å². The summed E-state index contributed by atoms with van der Waals surface area (Å²) < 4.78 is 12.0. The summed E-state index contributed by atoms with van der Waals surface area (Å²) >= 11 is 4.94. The number of halogens is 1. The Balaban J connectivity index is 1.86. The van der Waals surface area contributed by atoms with Gasteiger partial charge < -0.3 is 14.4 Å². The summed E-state index contributed by atoms with van der Waals surface area (Å²) in [6.45, 7) is 7.03. The Morgan fingerprint density at radius 1 is 1.28 bits per heavy atom. The highest BCUT2D eigenvalue weighted by atomic mass is 79.9. The van der Waals surface area contributed by atoms with Gasteiger partial charge in [-0.05, 0) is 17.7 Å². The third-order valence-electron chi connectivity index (χ3n) is 3.94. The highest BCUT2D eigenvalue weighted by molar-refractivity contribution is 9.10. The van der Waals surface area contributed by atoms with Crippen LogP contribution in [0.4, 0.5) is 0 Å². The summed E-state index contributed by atoms with van der Waals surface area (Å²) in [6, 6.07) is 3.75. The number of thioether (sulfide) groups is 1.